The zero-order valence-corrected chi connectivity index (χ0v) is 16.6. The number of aryl methyl sites for hydroxylation is 1. The molecule has 5 nitrogen and oxygen atoms in total. The molecular formula is C17H13Cl3N4OS. The first-order valence-corrected chi connectivity index (χ1v) is 9.03. The monoisotopic (exact) mass is 426 g/mol. The topological polar surface area (TPSA) is 55.2 Å². The summed E-state index contributed by atoms with van der Waals surface area (Å²) in [5, 5.41) is 12.3. The van der Waals surface area contributed by atoms with Crippen LogP contribution in [0.2, 0.25) is 15.1 Å². The fourth-order valence-corrected chi connectivity index (χ4v) is 3.05. The van der Waals surface area contributed by atoms with Gasteiger partial charge in [0.05, 0.1) is 16.3 Å². The predicted molar refractivity (Wildman–Crippen MR) is 107 cm³/mol. The molecule has 26 heavy (non-hydrogen) atoms. The van der Waals surface area contributed by atoms with Gasteiger partial charge in [0.1, 0.15) is 18.2 Å². The molecule has 0 aliphatic heterocycles. The molecule has 1 N–H and O–H groups in total. The minimum atomic E-state index is 0.199. The van der Waals surface area contributed by atoms with Gasteiger partial charge in [-0.1, -0.05) is 46.9 Å². The second-order valence-electron chi connectivity index (χ2n) is 5.32. The third-order valence-corrected chi connectivity index (χ3v) is 4.98. The average Bonchev–Trinajstić information content (AvgIpc) is 2.95. The van der Waals surface area contributed by atoms with Crippen molar-refractivity contribution in [3.8, 4) is 5.75 Å². The molecule has 0 bridgehead atoms. The van der Waals surface area contributed by atoms with Crippen molar-refractivity contribution in [3.63, 3.8) is 0 Å². The van der Waals surface area contributed by atoms with E-state index in [2.05, 4.69) is 15.3 Å². The van der Waals surface area contributed by atoms with E-state index in [4.69, 9.17) is 51.8 Å². The van der Waals surface area contributed by atoms with Gasteiger partial charge < -0.3 is 4.74 Å². The average molecular weight is 428 g/mol. The molecule has 3 aromatic rings. The van der Waals surface area contributed by atoms with Crippen molar-refractivity contribution in [2.24, 2.45) is 5.10 Å². The Bertz CT molecular complexity index is 1030. The molecule has 0 saturated carbocycles. The number of hydrogen-bond donors (Lipinski definition) is 1. The Labute approximate surface area is 170 Å². The second-order valence-corrected chi connectivity index (χ2v) is 6.89. The van der Waals surface area contributed by atoms with Gasteiger partial charge in [-0.25, -0.2) is 0 Å². The summed E-state index contributed by atoms with van der Waals surface area (Å²) in [4.78, 5) is 0. The lowest BCUT2D eigenvalue weighted by Crippen LogP contribution is -1.99. The van der Waals surface area contributed by atoms with Gasteiger partial charge in [0.2, 0.25) is 4.77 Å². The quantitative estimate of drug-likeness (QED) is 0.324. The molecule has 0 unspecified atom stereocenters. The van der Waals surface area contributed by atoms with Gasteiger partial charge in [-0.15, -0.1) is 0 Å². The van der Waals surface area contributed by atoms with Crippen molar-refractivity contribution in [1.29, 1.82) is 0 Å². The fraction of sp³-hybridized carbons (Fsp3) is 0.118. The highest BCUT2D eigenvalue weighted by Crippen LogP contribution is 2.32. The Balaban J connectivity index is 1.76. The Kier molecular flexibility index (Phi) is 5.98. The second kappa shape index (κ2) is 8.22. The fourth-order valence-electron chi connectivity index (χ4n) is 2.17. The van der Waals surface area contributed by atoms with Gasteiger partial charge in [0.25, 0.3) is 0 Å². The highest BCUT2D eigenvalue weighted by molar-refractivity contribution is 7.71. The van der Waals surface area contributed by atoms with Crippen LogP contribution in [0.5, 0.6) is 5.75 Å². The Hall–Kier alpha value is -1.86. The van der Waals surface area contributed by atoms with Crippen LogP contribution in [0.3, 0.4) is 0 Å². The number of aromatic nitrogens is 3. The predicted octanol–water partition coefficient (Wildman–Crippen LogP) is 5.67. The van der Waals surface area contributed by atoms with E-state index < -0.39 is 0 Å². The number of hydrogen-bond acceptors (Lipinski definition) is 4. The molecule has 0 spiro atoms. The smallest absolute Gasteiger partial charge is 0.216 e. The van der Waals surface area contributed by atoms with Crippen LogP contribution in [0.15, 0.2) is 41.5 Å². The van der Waals surface area contributed by atoms with Gasteiger partial charge in [0, 0.05) is 10.6 Å². The molecule has 134 valence electrons. The standard InChI is InChI=1S/C17H13Cl3N4OS/c1-10-22-23-17(26)24(10)21-8-11-3-2-4-12(7-11)25-9-13-14(18)5-6-15(19)16(13)20/h2-8H,9H2,1H3,(H,23,26)/b21-8+. The summed E-state index contributed by atoms with van der Waals surface area (Å²) in [6, 6.07) is 10.8. The van der Waals surface area contributed by atoms with Crippen LogP contribution < -0.4 is 4.74 Å². The summed E-state index contributed by atoms with van der Waals surface area (Å²) in [7, 11) is 0. The minimum Gasteiger partial charge on any atom is -0.489 e. The summed E-state index contributed by atoms with van der Waals surface area (Å²) < 4.78 is 7.76. The summed E-state index contributed by atoms with van der Waals surface area (Å²) in [5.74, 6) is 1.32. The van der Waals surface area contributed by atoms with Gasteiger partial charge >= 0.3 is 0 Å². The molecule has 0 fully saturated rings. The maximum Gasteiger partial charge on any atom is 0.216 e. The van der Waals surface area contributed by atoms with Crippen LogP contribution in [0, 0.1) is 11.7 Å². The van der Waals surface area contributed by atoms with Gasteiger partial charge in [-0.3, -0.25) is 5.10 Å². The summed E-state index contributed by atoms with van der Waals surface area (Å²) in [5.41, 5.74) is 1.48. The number of ether oxygens (including phenoxy) is 1. The largest absolute Gasteiger partial charge is 0.489 e. The van der Waals surface area contributed by atoms with E-state index in [0.717, 1.165) is 5.56 Å². The van der Waals surface area contributed by atoms with Gasteiger partial charge in [0.15, 0.2) is 0 Å². The zero-order valence-electron chi connectivity index (χ0n) is 13.5. The Morgan fingerprint density at radius 2 is 2.00 bits per heavy atom. The van der Waals surface area contributed by atoms with E-state index in [1.165, 1.54) is 4.68 Å². The highest BCUT2D eigenvalue weighted by Gasteiger charge is 2.10. The lowest BCUT2D eigenvalue weighted by Gasteiger charge is -2.11. The molecule has 0 saturated heterocycles. The first kappa shape index (κ1) is 18.9. The molecule has 9 heteroatoms. The molecule has 0 amide bonds. The normalized spacial score (nSPS) is 11.2. The molecule has 0 aliphatic rings. The van der Waals surface area contributed by atoms with Crippen LogP contribution in [0.25, 0.3) is 0 Å². The molecule has 1 aromatic heterocycles. The minimum absolute atomic E-state index is 0.199. The zero-order chi connectivity index (χ0) is 18.7. The maximum absolute atomic E-state index is 6.19. The molecule has 2 aromatic carbocycles. The number of halogens is 3. The summed E-state index contributed by atoms with van der Waals surface area (Å²) in [6.45, 7) is 2.01. The van der Waals surface area contributed by atoms with Crippen molar-refractivity contribution in [3.05, 3.63) is 73.2 Å². The highest BCUT2D eigenvalue weighted by atomic mass is 35.5. The van der Waals surface area contributed by atoms with Crippen molar-refractivity contribution in [1.82, 2.24) is 14.9 Å². The first-order valence-electron chi connectivity index (χ1n) is 7.49. The molecule has 0 atom stereocenters. The van der Waals surface area contributed by atoms with E-state index in [-0.39, 0.29) is 6.61 Å². The Morgan fingerprint density at radius 1 is 1.23 bits per heavy atom. The van der Waals surface area contributed by atoms with Crippen LogP contribution in [-0.4, -0.2) is 21.1 Å². The lowest BCUT2D eigenvalue weighted by molar-refractivity contribution is 0.306. The number of H-pyrrole nitrogens is 1. The van der Waals surface area contributed by atoms with E-state index >= 15 is 0 Å². The SMILES string of the molecule is Cc1n[nH]c(=S)n1/N=C/c1cccc(OCc2c(Cl)ccc(Cl)c2Cl)c1. The molecule has 1 heterocycles. The number of aromatic amines is 1. The van der Waals surface area contributed by atoms with Crippen molar-refractivity contribution >= 4 is 53.2 Å². The molecule has 0 aliphatic carbocycles. The van der Waals surface area contributed by atoms with E-state index in [1.807, 2.05) is 31.2 Å². The third kappa shape index (κ3) is 4.27. The number of nitrogens with zero attached hydrogens (tertiary/aromatic N) is 3. The molecule has 0 radical (unpaired) electrons. The van der Waals surface area contributed by atoms with Crippen molar-refractivity contribution in [2.75, 3.05) is 0 Å². The van der Waals surface area contributed by atoms with Crippen LogP contribution in [0.4, 0.5) is 0 Å². The summed E-state index contributed by atoms with van der Waals surface area (Å²) >= 11 is 23.5. The van der Waals surface area contributed by atoms with Crippen molar-refractivity contribution in [2.45, 2.75) is 13.5 Å². The van der Waals surface area contributed by atoms with Crippen LogP contribution in [0.1, 0.15) is 17.0 Å². The third-order valence-electron chi connectivity index (χ3n) is 3.51. The van der Waals surface area contributed by atoms with Gasteiger partial charge in [-0.05, 0) is 49.0 Å². The molecular weight excluding hydrogens is 415 g/mol. The number of nitrogens with one attached hydrogen (secondary N) is 1. The van der Waals surface area contributed by atoms with E-state index in [0.29, 0.717) is 37.0 Å². The van der Waals surface area contributed by atoms with Gasteiger partial charge in [-0.2, -0.15) is 14.9 Å². The van der Waals surface area contributed by atoms with Crippen LogP contribution >= 0.6 is 47.0 Å². The van der Waals surface area contributed by atoms with Crippen LogP contribution in [-0.2, 0) is 6.61 Å². The number of rotatable bonds is 5. The van der Waals surface area contributed by atoms with E-state index in [9.17, 15) is 0 Å². The summed E-state index contributed by atoms with van der Waals surface area (Å²) in [6.07, 6.45) is 1.67. The maximum atomic E-state index is 6.19. The Morgan fingerprint density at radius 3 is 2.73 bits per heavy atom. The molecule has 3 rings (SSSR count). The number of benzene rings is 2. The first-order chi connectivity index (χ1) is 12.5. The van der Waals surface area contributed by atoms with E-state index in [1.54, 1.807) is 18.3 Å². The lowest BCUT2D eigenvalue weighted by atomic mass is 10.2. The van der Waals surface area contributed by atoms with Crippen molar-refractivity contribution < 1.29 is 4.74 Å².